The van der Waals surface area contributed by atoms with Crippen LogP contribution in [0.4, 0.5) is 24.5 Å². The van der Waals surface area contributed by atoms with Crippen molar-refractivity contribution in [2.75, 3.05) is 5.32 Å². The smallest absolute Gasteiger partial charge is 0.417 e. The van der Waals surface area contributed by atoms with Crippen LogP contribution in [0.1, 0.15) is 15.9 Å². The van der Waals surface area contributed by atoms with Crippen LogP contribution in [0, 0.1) is 10.1 Å². The van der Waals surface area contributed by atoms with Crippen molar-refractivity contribution in [2.24, 2.45) is 0 Å². The minimum Gasteiger partial charge on any atom is -0.436 e. The monoisotopic (exact) mass is 549 g/mol. The molecule has 166 valence electrons. The molecule has 0 aliphatic carbocycles. The van der Waals surface area contributed by atoms with Crippen molar-refractivity contribution >= 4 is 56.4 Å². The third-order valence-electron chi connectivity index (χ3n) is 3.94. The number of ether oxygens (including phenoxy) is 1. The number of amides is 1. The standard InChI is InChI=1S/C19H9BrCl2F3N3O4/c20-13-3-2-11(28(30)31)7-12(13)17(29)27-10-1-4-16(14(21)6-10)32-18-15(22)5-9(8-26-18)19(23,24)25/h1-8H,(H,27,29). The third-order valence-corrected chi connectivity index (χ3v) is 5.19. The Hall–Kier alpha value is -2.89. The molecule has 0 spiro atoms. The van der Waals surface area contributed by atoms with Crippen LogP contribution in [0.25, 0.3) is 0 Å². The Kier molecular flexibility index (Phi) is 6.91. The quantitative estimate of drug-likeness (QED) is 0.269. The number of carbonyl (C=O) groups is 1. The first-order valence-electron chi connectivity index (χ1n) is 8.41. The SMILES string of the molecule is O=C(Nc1ccc(Oc2ncc(C(F)(F)F)cc2Cl)c(Cl)c1)c1cc([N+](=O)[O-])ccc1Br. The van der Waals surface area contributed by atoms with Crippen LogP contribution in [-0.4, -0.2) is 15.8 Å². The number of hydrogen-bond acceptors (Lipinski definition) is 5. The molecular formula is C19H9BrCl2F3N3O4. The first-order chi connectivity index (χ1) is 15.0. The Balaban J connectivity index is 1.78. The highest BCUT2D eigenvalue weighted by molar-refractivity contribution is 9.10. The Morgan fingerprint density at radius 2 is 1.84 bits per heavy atom. The molecule has 1 N–H and O–H groups in total. The van der Waals surface area contributed by atoms with Gasteiger partial charge in [0.1, 0.15) is 10.8 Å². The number of alkyl halides is 3. The molecule has 3 aromatic rings. The number of hydrogen-bond donors (Lipinski definition) is 1. The molecule has 7 nitrogen and oxygen atoms in total. The van der Waals surface area contributed by atoms with Gasteiger partial charge in [-0.15, -0.1) is 0 Å². The highest BCUT2D eigenvalue weighted by Crippen LogP contribution is 2.37. The van der Waals surface area contributed by atoms with Crippen molar-refractivity contribution in [1.29, 1.82) is 0 Å². The number of nitrogens with zero attached hydrogens (tertiary/aromatic N) is 2. The van der Waals surface area contributed by atoms with Crippen LogP contribution in [0.2, 0.25) is 10.0 Å². The predicted octanol–water partition coefficient (Wildman–Crippen LogP) is 7.12. The summed E-state index contributed by atoms with van der Waals surface area (Å²) in [4.78, 5) is 26.4. The van der Waals surface area contributed by atoms with Gasteiger partial charge in [0, 0.05) is 28.5 Å². The van der Waals surface area contributed by atoms with Gasteiger partial charge in [-0.05, 0) is 46.3 Å². The summed E-state index contributed by atoms with van der Waals surface area (Å²) in [7, 11) is 0. The maximum absolute atomic E-state index is 12.7. The number of carbonyl (C=O) groups excluding carboxylic acids is 1. The lowest BCUT2D eigenvalue weighted by atomic mass is 10.2. The number of anilines is 1. The number of benzene rings is 2. The van der Waals surface area contributed by atoms with Crippen molar-refractivity contribution in [1.82, 2.24) is 4.98 Å². The lowest BCUT2D eigenvalue weighted by Crippen LogP contribution is -2.13. The molecule has 0 unspecified atom stereocenters. The van der Waals surface area contributed by atoms with Crippen LogP contribution < -0.4 is 10.1 Å². The Labute approximate surface area is 196 Å². The zero-order valence-corrected chi connectivity index (χ0v) is 18.5. The van der Waals surface area contributed by atoms with Gasteiger partial charge in [-0.1, -0.05) is 23.2 Å². The molecule has 3 rings (SSSR count). The summed E-state index contributed by atoms with van der Waals surface area (Å²) in [6.45, 7) is 0. The van der Waals surface area contributed by atoms with E-state index in [4.69, 9.17) is 27.9 Å². The number of halogens is 6. The van der Waals surface area contributed by atoms with Crippen LogP contribution in [0.3, 0.4) is 0 Å². The van der Waals surface area contributed by atoms with E-state index in [9.17, 15) is 28.1 Å². The number of aromatic nitrogens is 1. The predicted molar refractivity (Wildman–Crippen MR) is 115 cm³/mol. The molecule has 0 aliphatic heterocycles. The molecule has 1 aromatic heterocycles. The molecule has 0 atom stereocenters. The molecule has 1 heterocycles. The highest BCUT2D eigenvalue weighted by Gasteiger charge is 2.32. The van der Waals surface area contributed by atoms with Gasteiger partial charge >= 0.3 is 6.18 Å². The zero-order chi connectivity index (χ0) is 23.6. The van der Waals surface area contributed by atoms with Crippen molar-refractivity contribution in [2.45, 2.75) is 6.18 Å². The van der Waals surface area contributed by atoms with E-state index in [0.717, 1.165) is 6.07 Å². The molecule has 0 radical (unpaired) electrons. The second-order valence-corrected chi connectivity index (χ2v) is 7.80. The van der Waals surface area contributed by atoms with E-state index < -0.39 is 22.6 Å². The van der Waals surface area contributed by atoms with E-state index in [1.165, 1.54) is 30.3 Å². The zero-order valence-electron chi connectivity index (χ0n) is 15.4. The summed E-state index contributed by atoms with van der Waals surface area (Å²) < 4.78 is 43.9. The number of non-ortho nitro benzene ring substituents is 1. The van der Waals surface area contributed by atoms with E-state index in [-0.39, 0.29) is 38.6 Å². The normalized spacial score (nSPS) is 11.2. The first-order valence-corrected chi connectivity index (χ1v) is 9.96. The van der Waals surface area contributed by atoms with Crippen molar-refractivity contribution in [3.63, 3.8) is 0 Å². The molecule has 0 aliphatic rings. The molecule has 0 saturated heterocycles. The fourth-order valence-corrected chi connectivity index (χ4v) is 3.27. The fourth-order valence-electron chi connectivity index (χ4n) is 2.42. The van der Waals surface area contributed by atoms with Gasteiger partial charge in [0.05, 0.1) is 21.1 Å². The molecule has 0 bridgehead atoms. The summed E-state index contributed by atoms with van der Waals surface area (Å²) in [5.74, 6) is -0.910. The summed E-state index contributed by atoms with van der Waals surface area (Å²) in [5, 5.41) is 13.1. The number of nitro groups is 1. The Bertz CT molecular complexity index is 1220. The lowest BCUT2D eigenvalue weighted by Gasteiger charge is -2.12. The number of nitro benzene ring substituents is 1. The molecular weight excluding hydrogens is 542 g/mol. The molecule has 0 fully saturated rings. The fraction of sp³-hybridized carbons (Fsp3) is 0.0526. The average Bonchev–Trinajstić information content (AvgIpc) is 2.70. The topological polar surface area (TPSA) is 94.4 Å². The van der Waals surface area contributed by atoms with Gasteiger partial charge in [0.25, 0.3) is 11.6 Å². The molecule has 0 saturated carbocycles. The van der Waals surface area contributed by atoms with Crippen LogP contribution >= 0.6 is 39.1 Å². The van der Waals surface area contributed by atoms with Gasteiger partial charge < -0.3 is 10.1 Å². The summed E-state index contributed by atoms with van der Waals surface area (Å²) in [5.41, 5.74) is -1.04. The van der Waals surface area contributed by atoms with Crippen LogP contribution in [0.5, 0.6) is 11.6 Å². The molecule has 2 aromatic carbocycles. The van der Waals surface area contributed by atoms with Gasteiger partial charge in [-0.25, -0.2) is 4.98 Å². The van der Waals surface area contributed by atoms with E-state index in [0.29, 0.717) is 16.7 Å². The second-order valence-electron chi connectivity index (χ2n) is 6.13. The Morgan fingerprint density at radius 1 is 1.12 bits per heavy atom. The minimum absolute atomic E-state index is 0.00123. The van der Waals surface area contributed by atoms with Crippen molar-refractivity contribution < 1.29 is 27.6 Å². The van der Waals surface area contributed by atoms with E-state index in [2.05, 4.69) is 26.2 Å². The van der Waals surface area contributed by atoms with Gasteiger partial charge in [-0.3, -0.25) is 14.9 Å². The molecule has 1 amide bonds. The van der Waals surface area contributed by atoms with E-state index in [1.807, 2.05) is 0 Å². The molecule has 13 heteroatoms. The first kappa shape index (κ1) is 23.8. The lowest BCUT2D eigenvalue weighted by molar-refractivity contribution is -0.384. The van der Waals surface area contributed by atoms with Crippen LogP contribution in [0.15, 0.2) is 53.1 Å². The summed E-state index contributed by atoms with van der Waals surface area (Å²) in [6, 6.07) is 8.46. The van der Waals surface area contributed by atoms with Gasteiger partial charge in [-0.2, -0.15) is 13.2 Å². The van der Waals surface area contributed by atoms with E-state index >= 15 is 0 Å². The maximum atomic E-state index is 12.7. The van der Waals surface area contributed by atoms with Crippen molar-refractivity contribution in [3.05, 3.63) is 84.4 Å². The summed E-state index contributed by atoms with van der Waals surface area (Å²) >= 11 is 15.1. The molecule has 32 heavy (non-hydrogen) atoms. The van der Waals surface area contributed by atoms with Gasteiger partial charge in [0.2, 0.25) is 5.88 Å². The Morgan fingerprint density at radius 3 is 2.44 bits per heavy atom. The largest absolute Gasteiger partial charge is 0.436 e. The maximum Gasteiger partial charge on any atom is 0.417 e. The van der Waals surface area contributed by atoms with Gasteiger partial charge in [0.15, 0.2) is 0 Å². The van der Waals surface area contributed by atoms with E-state index in [1.54, 1.807) is 0 Å². The second kappa shape index (κ2) is 9.31. The number of rotatable bonds is 5. The third kappa shape index (κ3) is 5.47. The number of pyridine rings is 1. The minimum atomic E-state index is -4.61. The van der Waals surface area contributed by atoms with Crippen LogP contribution in [-0.2, 0) is 6.18 Å². The summed E-state index contributed by atoms with van der Waals surface area (Å²) in [6.07, 6.45) is -4.04. The average molecular weight is 551 g/mol. The number of nitrogens with one attached hydrogen (secondary N) is 1. The highest BCUT2D eigenvalue weighted by atomic mass is 79.9. The van der Waals surface area contributed by atoms with Crippen molar-refractivity contribution in [3.8, 4) is 11.6 Å².